The average molecular weight is 197 g/mol. The fourth-order valence-electron chi connectivity index (χ4n) is 1.38. The highest BCUT2D eigenvalue weighted by atomic mass is 16.5. The third-order valence-corrected chi connectivity index (χ3v) is 2.02. The SMILES string of the molecule is COc1c(C(=O)C(C)N)c(C)nn1C. The zero-order valence-corrected chi connectivity index (χ0v) is 8.87. The van der Waals surface area contributed by atoms with Crippen molar-refractivity contribution in [2.24, 2.45) is 12.8 Å². The number of hydrogen-bond donors (Lipinski definition) is 1. The van der Waals surface area contributed by atoms with E-state index < -0.39 is 6.04 Å². The number of nitrogens with two attached hydrogens (primary N) is 1. The molecule has 5 heteroatoms. The van der Waals surface area contributed by atoms with E-state index in [1.165, 1.54) is 11.8 Å². The van der Waals surface area contributed by atoms with E-state index >= 15 is 0 Å². The minimum atomic E-state index is -0.535. The lowest BCUT2D eigenvalue weighted by molar-refractivity contribution is 0.0964. The fourth-order valence-corrected chi connectivity index (χ4v) is 1.38. The highest BCUT2D eigenvalue weighted by Crippen LogP contribution is 2.21. The van der Waals surface area contributed by atoms with Crippen molar-refractivity contribution in [2.75, 3.05) is 7.11 Å². The number of ketones is 1. The molecule has 1 aromatic rings. The minimum absolute atomic E-state index is 0.146. The van der Waals surface area contributed by atoms with Gasteiger partial charge >= 0.3 is 0 Å². The molecule has 0 fully saturated rings. The topological polar surface area (TPSA) is 70.1 Å². The zero-order valence-electron chi connectivity index (χ0n) is 8.87. The maximum Gasteiger partial charge on any atom is 0.222 e. The van der Waals surface area contributed by atoms with Crippen LogP contribution in [0.4, 0.5) is 0 Å². The summed E-state index contributed by atoms with van der Waals surface area (Å²) in [5, 5.41) is 4.10. The summed E-state index contributed by atoms with van der Waals surface area (Å²) in [7, 11) is 3.23. The molecule has 0 saturated carbocycles. The molecule has 1 atom stereocenters. The molecule has 1 rings (SSSR count). The largest absolute Gasteiger partial charge is 0.481 e. The van der Waals surface area contributed by atoms with Crippen molar-refractivity contribution in [2.45, 2.75) is 19.9 Å². The van der Waals surface area contributed by atoms with Crippen LogP contribution in [0.25, 0.3) is 0 Å². The van der Waals surface area contributed by atoms with Crippen LogP contribution in [-0.4, -0.2) is 28.7 Å². The molecule has 0 radical (unpaired) electrons. The van der Waals surface area contributed by atoms with Gasteiger partial charge in [0.25, 0.3) is 0 Å². The Morgan fingerprint density at radius 2 is 2.21 bits per heavy atom. The van der Waals surface area contributed by atoms with E-state index in [4.69, 9.17) is 10.5 Å². The van der Waals surface area contributed by atoms with Gasteiger partial charge in [-0.1, -0.05) is 0 Å². The van der Waals surface area contributed by atoms with Gasteiger partial charge < -0.3 is 10.5 Å². The number of ether oxygens (including phenoxy) is 1. The summed E-state index contributed by atoms with van der Waals surface area (Å²) in [6.07, 6.45) is 0. The molecule has 0 bridgehead atoms. The maximum absolute atomic E-state index is 11.7. The summed E-state index contributed by atoms with van der Waals surface area (Å²) < 4.78 is 6.62. The molecular weight excluding hydrogens is 182 g/mol. The first kappa shape index (κ1) is 10.7. The summed E-state index contributed by atoms with van der Waals surface area (Å²) in [5.74, 6) is 0.317. The number of aryl methyl sites for hydroxylation is 2. The maximum atomic E-state index is 11.7. The van der Waals surface area contributed by atoms with Gasteiger partial charge in [-0.25, -0.2) is 4.68 Å². The number of hydrogen-bond acceptors (Lipinski definition) is 4. The van der Waals surface area contributed by atoms with Gasteiger partial charge in [-0.05, 0) is 13.8 Å². The van der Waals surface area contributed by atoms with E-state index in [0.29, 0.717) is 17.1 Å². The first-order valence-corrected chi connectivity index (χ1v) is 4.36. The molecule has 0 saturated heterocycles. The Kier molecular flexibility index (Phi) is 2.90. The second-order valence-electron chi connectivity index (χ2n) is 3.25. The molecule has 78 valence electrons. The molecule has 0 aliphatic heterocycles. The van der Waals surface area contributed by atoms with Gasteiger partial charge in [0.15, 0.2) is 5.78 Å². The second-order valence-corrected chi connectivity index (χ2v) is 3.25. The van der Waals surface area contributed by atoms with E-state index in [9.17, 15) is 4.79 Å². The molecule has 0 aliphatic carbocycles. The number of methoxy groups -OCH3 is 1. The molecule has 0 spiro atoms. The minimum Gasteiger partial charge on any atom is -0.481 e. The molecule has 1 unspecified atom stereocenters. The van der Waals surface area contributed by atoms with Gasteiger partial charge in [0.1, 0.15) is 5.56 Å². The zero-order chi connectivity index (χ0) is 10.9. The molecule has 0 aromatic carbocycles. The average Bonchev–Trinajstić information content (AvgIpc) is 2.38. The van der Waals surface area contributed by atoms with Crippen molar-refractivity contribution in [1.82, 2.24) is 9.78 Å². The number of rotatable bonds is 3. The molecular formula is C9H15N3O2. The van der Waals surface area contributed by atoms with E-state index in [1.54, 1.807) is 20.9 Å². The molecule has 0 aliphatic rings. The molecule has 1 heterocycles. The predicted molar refractivity (Wildman–Crippen MR) is 52.5 cm³/mol. The summed E-state index contributed by atoms with van der Waals surface area (Å²) >= 11 is 0. The Morgan fingerprint density at radius 3 is 2.64 bits per heavy atom. The number of carbonyl (C=O) groups is 1. The van der Waals surface area contributed by atoms with Gasteiger partial charge in [0.05, 0.1) is 18.8 Å². The van der Waals surface area contributed by atoms with Gasteiger partial charge in [-0.15, -0.1) is 0 Å². The van der Waals surface area contributed by atoms with E-state index in [1.807, 2.05) is 0 Å². The predicted octanol–water partition coefficient (Wildman–Crippen LogP) is 0.267. The van der Waals surface area contributed by atoms with Crippen molar-refractivity contribution >= 4 is 5.78 Å². The third kappa shape index (κ3) is 1.63. The van der Waals surface area contributed by atoms with E-state index in [2.05, 4.69) is 5.10 Å². The quantitative estimate of drug-likeness (QED) is 0.706. The van der Waals surface area contributed by atoms with Crippen molar-refractivity contribution in [3.8, 4) is 5.88 Å². The van der Waals surface area contributed by atoms with Crippen LogP contribution in [0.1, 0.15) is 23.0 Å². The van der Waals surface area contributed by atoms with Crippen LogP contribution in [0.15, 0.2) is 0 Å². The highest BCUT2D eigenvalue weighted by molar-refractivity contribution is 6.02. The summed E-state index contributed by atoms with van der Waals surface area (Å²) in [6.45, 7) is 3.41. The van der Waals surface area contributed by atoms with Crippen molar-refractivity contribution in [3.05, 3.63) is 11.3 Å². The van der Waals surface area contributed by atoms with Crippen LogP contribution < -0.4 is 10.5 Å². The van der Waals surface area contributed by atoms with Crippen LogP contribution in [-0.2, 0) is 7.05 Å². The molecule has 14 heavy (non-hydrogen) atoms. The van der Waals surface area contributed by atoms with Gasteiger partial charge in [-0.3, -0.25) is 4.79 Å². The van der Waals surface area contributed by atoms with E-state index in [0.717, 1.165) is 0 Å². The number of aromatic nitrogens is 2. The molecule has 2 N–H and O–H groups in total. The molecule has 0 amide bonds. The summed E-state index contributed by atoms with van der Waals surface area (Å²) in [6, 6.07) is -0.535. The Bertz CT molecular complexity index is 355. The van der Waals surface area contributed by atoms with E-state index in [-0.39, 0.29) is 5.78 Å². The molecule has 5 nitrogen and oxygen atoms in total. The standard InChI is InChI=1S/C9H15N3O2/c1-5(10)8(13)7-6(2)11-12(3)9(7)14-4/h5H,10H2,1-4H3. The summed E-state index contributed by atoms with van der Waals surface area (Å²) in [4.78, 5) is 11.7. The third-order valence-electron chi connectivity index (χ3n) is 2.02. The van der Waals surface area contributed by atoms with Gasteiger partial charge in [0, 0.05) is 7.05 Å². The Hall–Kier alpha value is -1.36. The van der Waals surface area contributed by atoms with Crippen molar-refractivity contribution < 1.29 is 9.53 Å². The monoisotopic (exact) mass is 197 g/mol. The van der Waals surface area contributed by atoms with Crippen molar-refractivity contribution in [1.29, 1.82) is 0 Å². The van der Waals surface area contributed by atoms with Crippen LogP contribution >= 0.6 is 0 Å². The molecule has 1 aromatic heterocycles. The number of nitrogens with zero attached hydrogens (tertiary/aromatic N) is 2. The Balaban J connectivity index is 3.25. The Labute approximate surface area is 82.8 Å². The van der Waals surface area contributed by atoms with Gasteiger partial charge in [0.2, 0.25) is 5.88 Å². The van der Waals surface area contributed by atoms with Crippen LogP contribution in [0.3, 0.4) is 0 Å². The lowest BCUT2D eigenvalue weighted by Gasteiger charge is -2.06. The normalized spacial score (nSPS) is 12.6. The fraction of sp³-hybridized carbons (Fsp3) is 0.556. The van der Waals surface area contributed by atoms with Crippen molar-refractivity contribution in [3.63, 3.8) is 0 Å². The number of Topliss-reactive ketones (excluding diaryl/α,β-unsaturated/α-hetero) is 1. The lowest BCUT2D eigenvalue weighted by atomic mass is 10.1. The smallest absolute Gasteiger partial charge is 0.222 e. The van der Waals surface area contributed by atoms with Gasteiger partial charge in [-0.2, -0.15) is 5.10 Å². The van der Waals surface area contributed by atoms with Crippen LogP contribution in [0.5, 0.6) is 5.88 Å². The van der Waals surface area contributed by atoms with Crippen LogP contribution in [0.2, 0.25) is 0 Å². The highest BCUT2D eigenvalue weighted by Gasteiger charge is 2.23. The first-order valence-electron chi connectivity index (χ1n) is 4.36. The van der Waals surface area contributed by atoms with Crippen LogP contribution in [0, 0.1) is 6.92 Å². The first-order chi connectivity index (χ1) is 6.49. The Morgan fingerprint density at radius 1 is 1.64 bits per heavy atom. The summed E-state index contributed by atoms with van der Waals surface area (Å²) in [5.41, 5.74) is 6.65. The number of carbonyl (C=O) groups excluding carboxylic acids is 1. The lowest BCUT2D eigenvalue weighted by Crippen LogP contribution is -2.27. The second kappa shape index (κ2) is 3.79.